The summed E-state index contributed by atoms with van der Waals surface area (Å²) in [5.41, 5.74) is 1.73. The summed E-state index contributed by atoms with van der Waals surface area (Å²) in [4.78, 5) is 1.15. The molecule has 20 heavy (non-hydrogen) atoms. The molecule has 4 heteroatoms. The second kappa shape index (κ2) is 7.27. The second-order valence-electron chi connectivity index (χ2n) is 4.19. The van der Waals surface area contributed by atoms with Crippen LogP contribution >= 0.6 is 23.4 Å². The van der Waals surface area contributed by atoms with E-state index in [1.165, 1.54) is 0 Å². The van der Waals surface area contributed by atoms with Crippen molar-refractivity contribution in [3.8, 4) is 5.75 Å². The maximum absolute atomic E-state index is 9.84. The molecule has 2 aromatic carbocycles. The Morgan fingerprint density at radius 3 is 2.75 bits per heavy atom. The summed E-state index contributed by atoms with van der Waals surface area (Å²) in [6, 6.07) is 13.2. The van der Waals surface area contributed by atoms with E-state index in [0.29, 0.717) is 17.1 Å². The van der Waals surface area contributed by atoms with Crippen LogP contribution in [0.2, 0.25) is 5.02 Å². The predicted octanol–water partition coefficient (Wildman–Crippen LogP) is 4.94. The number of phenolic OH excluding ortho intramolecular Hbond substituents is 1. The Morgan fingerprint density at radius 2 is 2.00 bits per heavy atom. The second-order valence-corrected chi connectivity index (χ2v) is 5.66. The zero-order valence-corrected chi connectivity index (χ0v) is 12.5. The minimum atomic E-state index is 0.209. The SMILES string of the molecule is C=CCSc1ccccc1NCc1c(O)cccc1Cl. The highest BCUT2D eigenvalue weighted by molar-refractivity contribution is 7.99. The van der Waals surface area contributed by atoms with E-state index in [1.54, 1.807) is 30.0 Å². The average molecular weight is 306 g/mol. The van der Waals surface area contributed by atoms with Gasteiger partial charge in [-0.25, -0.2) is 0 Å². The van der Waals surface area contributed by atoms with Crippen molar-refractivity contribution in [1.29, 1.82) is 0 Å². The van der Waals surface area contributed by atoms with Crippen molar-refractivity contribution in [1.82, 2.24) is 0 Å². The molecule has 0 aliphatic heterocycles. The molecule has 0 aromatic heterocycles. The van der Waals surface area contributed by atoms with Gasteiger partial charge in [-0.15, -0.1) is 18.3 Å². The number of halogens is 1. The molecule has 104 valence electrons. The first-order valence-corrected chi connectivity index (χ1v) is 7.61. The minimum absolute atomic E-state index is 0.209. The lowest BCUT2D eigenvalue weighted by Gasteiger charge is -2.13. The zero-order valence-electron chi connectivity index (χ0n) is 11.0. The highest BCUT2D eigenvalue weighted by Crippen LogP contribution is 2.30. The Morgan fingerprint density at radius 1 is 1.20 bits per heavy atom. The number of hydrogen-bond donors (Lipinski definition) is 2. The molecule has 0 bridgehead atoms. The van der Waals surface area contributed by atoms with Gasteiger partial charge in [0.2, 0.25) is 0 Å². The van der Waals surface area contributed by atoms with Crippen LogP contribution in [-0.2, 0) is 6.54 Å². The third-order valence-electron chi connectivity index (χ3n) is 2.79. The number of anilines is 1. The summed E-state index contributed by atoms with van der Waals surface area (Å²) in [5.74, 6) is 1.07. The molecular weight excluding hydrogens is 290 g/mol. The Balaban J connectivity index is 2.13. The quantitative estimate of drug-likeness (QED) is 0.586. The largest absolute Gasteiger partial charge is 0.508 e. The summed E-state index contributed by atoms with van der Waals surface area (Å²) in [5, 5.41) is 13.7. The Bertz CT molecular complexity index is 581. The molecule has 0 saturated carbocycles. The van der Waals surface area contributed by atoms with Crippen LogP contribution in [0.1, 0.15) is 5.56 Å². The maximum atomic E-state index is 9.84. The number of benzene rings is 2. The summed E-state index contributed by atoms with van der Waals surface area (Å²) in [6.07, 6.45) is 1.88. The van der Waals surface area contributed by atoms with Crippen molar-refractivity contribution >= 4 is 29.1 Å². The van der Waals surface area contributed by atoms with E-state index >= 15 is 0 Å². The fraction of sp³-hybridized carbons (Fsp3) is 0.125. The molecule has 0 unspecified atom stereocenters. The van der Waals surface area contributed by atoms with Gasteiger partial charge in [-0.1, -0.05) is 35.9 Å². The molecule has 0 amide bonds. The van der Waals surface area contributed by atoms with Gasteiger partial charge >= 0.3 is 0 Å². The summed E-state index contributed by atoms with van der Waals surface area (Å²) in [6.45, 7) is 4.21. The molecule has 0 radical (unpaired) electrons. The highest BCUT2D eigenvalue weighted by Gasteiger charge is 2.07. The summed E-state index contributed by atoms with van der Waals surface area (Å²) in [7, 11) is 0. The van der Waals surface area contributed by atoms with Crippen molar-refractivity contribution < 1.29 is 5.11 Å². The number of rotatable bonds is 6. The first-order chi connectivity index (χ1) is 9.72. The smallest absolute Gasteiger partial charge is 0.122 e. The van der Waals surface area contributed by atoms with Gasteiger partial charge in [0.05, 0.1) is 0 Å². The van der Waals surface area contributed by atoms with Gasteiger partial charge in [0.25, 0.3) is 0 Å². The first-order valence-electron chi connectivity index (χ1n) is 6.25. The van der Waals surface area contributed by atoms with Crippen LogP contribution in [0.5, 0.6) is 5.75 Å². The molecule has 2 rings (SSSR count). The minimum Gasteiger partial charge on any atom is -0.508 e. The molecule has 0 aliphatic carbocycles. The predicted molar refractivity (Wildman–Crippen MR) is 87.8 cm³/mol. The van der Waals surface area contributed by atoms with Gasteiger partial charge in [0, 0.05) is 33.5 Å². The van der Waals surface area contributed by atoms with Crippen molar-refractivity contribution in [2.75, 3.05) is 11.1 Å². The summed E-state index contributed by atoms with van der Waals surface area (Å²) < 4.78 is 0. The molecule has 0 saturated heterocycles. The maximum Gasteiger partial charge on any atom is 0.122 e. The number of para-hydroxylation sites is 1. The van der Waals surface area contributed by atoms with Crippen molar-refractivity contribution in [2.45, 2.75) is 11.4 Å². The first kappa shape index (κ1) is 14.8. The Hall–Kier alpha value is -1.58. The number of aromatic hydroxyl groups is 1. The zero-order chi connectivity index (χ0) is 14.4. The lowest BCUT2D eigenvalue weighted by Crippen LogP contribution is -2.01. The third-order valence-corrected chi connectivity index (χ3v) is 4.22. The Labute approximate surface area is 128 Å². The van der Waals surface area contributed by atoms with Crippen LogP contribution in [0.4, 0.5) is 5.69 Å². The van der Waals surface area contributed by atoms with Crippen LogP contribution in [-0.4, -0.2) is 10.9 Å². The molecule has 0 aliphatic rings. The average Bonchev–Trinajstić information content (AvgIpc) is 2.45. The van der Waals surface area contributed by atoms with E-state index in [2.05, 4.69) is 18.0 Å². The molecule has 0 fully saturated rings. The standard InChI is InChI=1S/C16H16ClNOS/c1-2-10-20-16-9-4-3-7-14(16)18-11-12-13(17)6-5-8-15(12)19/h2-9,18-19H,1,10-11H2. The highest BCUT2D eigenvalue weighted by atomic mass is 35.5. The van der Waals surface area contributed by atoms with Crippen LogP contribution in [0.25, 0.3) is 0 Å². The van der Waals surface area contributed by atoms with Crippen LogP contribution < -0.4 is 5.32 Å². The van der Waals surface area contributed by atoms with Gasteiger partial charge in [-0.2, -0.15) is 0 Å². The molecule has 0 spiro atoms. The molecule has 0 heterocycles. The van der Waals surface area contributed by atoms with Gasteiger partial charge < -0.3 is 10.4 Å². The van der Waals surface area contributed by atoms with Gasteiger partial charge in [0.15, 0.2) is 0 Å². The van der Waals surface area contributed by atoms with Gasteiger partial charge in [0.1, 0.15) is 5.75 Å². The van der Waals surface area contributed by atoms with Gasteiger partial charge in [-0.3, -0.25) is 0 Å². The Kier molecular flexibility index (Phi) is 5.39. The number of thioether (sulfide) groups is 1. The molecular formula is C16H16ClNOS. The fourth-order valence-electron chi connectivity index (χ4n) is 1.79. The topological polar surface area (TPSA) is 32.3 Å². The fourth-order valence-corrected chi connectivity index (χ4v) is 2.80. The van der Waals surface area contributed by atoms with Crippen LogP contribution in [0.15, 0.2) is 60.0 Å². The van der Waals surface area contributed by atoms with E-state index in [-0.39, 0.29) is 5.75 Å². The van der Waals surface area contributed by atoms with Crippen molar-refractivity contribution in [3.63, 3.8) is 0 Å². The van der Waals surface area contributed by atoms with E-state index in [9.17, 15) is 5.11 Å². The number of phenols is 1. The lowest BCUT2D eigenvalue weighted by atomic mass is 10.2. The number of hydrogen-bond acceptors (Lipinski definition) is 3. The summed E-state index contributed by atoms with van der Waals surface area (Å²) >= 11 is 7.82. The van der Waals surface area contributed by atoms with Gasteiger partial charge in [-0.05, 0) is 24.3 Å². The van der Waals surface area contributed by atoms with E-state index < -0.39 is 0 Å². The van der Waals surface area contributed by atoms with E-state index in [1.807, 2.05) is 24.3 Å². The monoisotopic (exact) mass is 305 g/mol. The molecule has 2 aromatic rings. The molecule has 2 N–H and O–H groups in total. The van der Waals surface area contributed by atoms with Crippen LogP contribution in [0, 0.1) is 0 Å². The normalized spacial score (nSPS) is 10.2. The molecule has 2 nitrogen and oxygen atoms in total. The third kappa shape index (κ3) is 3.71. The number of nitrogens with one attached hydrogen (secondary N) is 1. The van der Waals surface area contributed by atoms with Crippen LogP contribution in [0.3, 0.4) is 0 Å². The van der Waals surface area contributed by atoms with E-state index in [0.717, 1.165) is 16.3 Å². The lowest BCUT2D eigenvalue weighted by molar-refractivity contribution is 0.469. The van der Waals surface area contributed by atoms with E-state index in [4.69, 9.17) is 11.6 Å². The van der Waals surface area contributed by atoms with Crippen molar-refractivity contribution in [2.24, 2.45) is 0 Å². The molecule has 0 atom stereocenters. The van der Waals surface area contributed by atoms with Crippen molar-refractivity contribution in [3.05, 3.63) is 65.7 Å².